The van der Waals surface area contributed by atoms with Crippen molar-refractivity contribution in [1.29, 1.82) is 0 Å². The first kappa shape index (κ1) is 22.0. The van der Waals surface area contributed by atoms with Crippen molar-refractivity contribution in [3.8, 4) is 28.2 Å². The van der Waals surface area contributed by atoms with Gasteiger partial charge < -0.3 is 9.55 Å². The predicted molar refractivity (Wildman–Crippen MR) is 129 cm³/mol. The highest BCUT2D eigenvalue weighted by molar-refractivity contribution is 6.31. The SMILES string of the molecule is Cc1ccc(-c2nc(F)c(C3C4CC4c4cc(-c5cc(Cl)ccc5-n5cnnn5)cc(=O)n43)[nH]2)c(F)n1. The Bertz CT molecular complexity index is 1760. The highest BCUT2D eigenvalue weighted by atomic mass is 35.5. The van der Waals surface area contributed by atoms with Crippen molar-refractivity contribution in [2.75, 3.05) is 0 Å². The first-order valence-corrected chi connectivity index (χ1v) is 12.0. The molecule has 0 amide bonds. The Morgan fingerprint density at radius 2 is 1.92 bits per heavy atom. The molecule has 5 aromatic rings. The van der Waals surface area contributed by atoms with Gasteiger partial charge in [0.25, 0.3) is 5.56 Å². The standard InChI is InChI=1S/C25H17ClF2N8O/c1-11-2-4-14(23(27)30-11)25-31-21(24(28)32-25)22-17-9-16(17)19-6-12(7-20(37)36(19)22)15-8-13(26)3-5-18(15)35-10-29-33-34-35/h2-8,10,16-17,22H,9H2,1H3,(H,31,32). The zero-order valence-corrected chi connectivity index (χ0v) is 20.0. The Morgan fingerprint density at radius 3 is 2.70 bits per heavy atom. The van der Waals surface area contributed by atoms with Crippen LogP contribution in [-0.4, -0.2) is 39.7 Å². The Kier molecular flexibility index (Phi) is 4.68. The molecule has 1 fully saturated rings. The molecular formula is C25H17ClF2N8O. The van der Waals surface area contributed by atoms with Gasteiger partial charge in [-0.1, -0.05) is 11.6 Å². The van der Waals surface area contributed by atoms with Crippen LogP contribution in [0.1, 0.15) is 35.5 Å². The number of imidazole rings is 1. The van der Waals surface area contributed by atoms with E-state index >= 15 is 4.39 Å². The van der Waals surface area contributed by atoms with Crippen LogP contribution < -0.4 is 5.56 Å². The molecule has 3 unspecified atom stereocenters. The van der Waals surface area contributed by atoms with Gasteiger partial charge in [0.2, 0.25) is 11.9 Å². The lowest BCUT2D eigenvalue weighted by Gasteiger charge is -2.18. The molecule has 4 aromatic heterocycles. The molecule has 0 spiro atoms. The number of fused-ring (bicyclic) bond motifs is 3. The highest BCUT2D eigenvalue weighted by Gasteiger charge is 2.54. The van der Waals surface area contributed by atoms with Gasteiger partial charge >= 0.3 is 0 Å². The molecule has 9 nitrogen and oxygen atoms in total. The fourth-order valence-corrected chi connectivity index (χ4v) is 5.55. The van der Waals surface area contributed by atoms with E-state index in [4.69, 9.17) is 11.6 Å². The maximum Gasteiger partial charge on any atom is 0.251 e. The highest BCUT2D eigenvalue weighted by Crippen LogP contribution is 2.61. The summed E-state index contributed by atoms with van der Waals surface area (Å²) in [7, 11) is 0. The van der Waals surface area contributed by atoms with Gasteiger partial charge in [-0.15, -0.1) is 5.10 Å². The third-order valence-electron chi connectivity index (χ3n) is 7.09. The Hall–Kier alpha value is -4.25. The lowest BCUT2D eigenvalue weighted by Crippen LogP contribution is -2.26. The number of nitrogens with one attached hydrogen (secondary N) is 1. The summed E-state index contributed by atoms with van der Waals surface area (Å²) >= 11 is 6.29. The number of nitrogens with zero attached hydrogens (tertiary/aromatic N) is 7. The molecule has 1 aromatic carbocycles. The van der Waals surface area contributed by atoms with Crippen molar-refractivity contribution in [1.82, 2.24) is 39.7 Å². The molecule has 1 N–H and O–H groups in total. The molecule has 0 radical (unpaired) electrons. The molecular weight excluding hydrogens is 502 g/mol. The van der Waals surface area contributed by atoms with Crippen LogP contribution in [0.15, 0.2) is 53.6 Å². The number of aromatic nitrogens is 8. The normalized spacial score (nSPS) is 19.6. The third-order valence-corrected chi connectivity index (χ3v) is 7.33. The molecule has 0 saturated heterocycles. The van der Waals surface area contributed by atoms with Crippen LogP contribution in [0.2, 0.25) is 5.02 Å². The minimum Gasteiger partial charge on any atom is -0.337 e. The molecule has 37 heavy (non-hydrogen) atoms. The van der Waals surface area contributed by atoms with Crippen LogP contribution in [0.3, 0.4) is 0 Å². The third kappa shape index (κ3) is 3.41. The number of tetrazole rings is 1. The van der Waals surface area contributed by atoms with E-state index in [1.165, 1.54) is 23.1 Å². The van der Waals surface area contributed by atoms with Gasteiger partial charge in [-0.3, -0.25) is 4.79 Å². The monoisotopic (exact) mass is 518 g/mol. The van der Waals surface area contributed by atoms with E-state index in [0.717, 1.165) is 12.1 Å². The van der Waals surface area contributed by atoms with Crippen LogP contribution in [0, 0.1) is 24.7 Å². The van der Waals surface area contributed by atoms with Crippen LogP contribution >= 0.6 is 11.6 Å². The van der Waals surface area contributed by atoms with E-state index in [1.54, 1.807) is 35.8 Å². The average Bonchev–Trinajstić information content (AvgIpc) is 3.16. The largest absolute Gasteiger partial charge is 0.337 e. The number of H-pyrrole nitrogens is 1. The molecule has 2 aliphatic rings. The summed E-state index contributed by atoms with van der Waals surface area (Å²) in [4.78, 5) is 24.1. The predicted octanol–water partition coefficient (Wildman–Crippen LogP) is 4.22. The second-order valence-corrected chi connectivity index (χ2v) is 9.76. The summed E-state index contributed by atoms with van der Waals surface area (Å²) in [6, 6.07) is 11.3. The van der Waals surface area contributed by atoms with Gasteiger partial charge in [-0.05, 0) is 71.7 Å². The van der Waals surface area contributed by atoms with Gasteiger partial charge in [0.05, 0.1) is 23.0 Å². The van der Waals surface area contributed by atoms with E-state index in [-0.39, 0.29) is 34.5 Å². The molecule has 1 saturated carbocycles. The van der Waals surface area contributed by atoms with Crippen molar-refractivity contribution >= 4 is 11.6 Å². The summed E-state index contributed by atoms with van der Waals surface area (Å²) in [6.45, 7) is 1.67. The van der Waals surface area contributed by atoms with Gasteiger partial charge in [0, 0.05) is 34.0 Å². The minimum absolute atomic E-state index is 0.0325. The smallest absolute Gasteiger partial charge is 0.251 e. The fourth-order valence-electron chi connectivity index (χ4n) is 5.38. The van der Waals surface area contributed by atoms with E-state index in [2.05, 4.69) is 30.5 Å². The van der Waals surface area contributed by atoms with E-state index in [9.17, 15) is 9.18 Å². The number of benzene rings is 1. The second kappa shape index (κ2) is 7.87. The number of pyridine rings is 2. The summed E-state index contributed by atoms with van der Waals surface area (Å²) in [5, 5.41) is 11.9. The van der Waals surface area contributed by atoms with Crippen molar-refractivity contribution < 1.29 is 8.78 Å². The van der Waals surface area contributed by atoms with Crippen LogP contribution in [0.4, 0.5) is 8.78 Å². The molecule has 3 atom stereocenters. The summed E-state index contributed by atoms with van der Waals surface area (Å²) in [6.07, 6.45) is 2.27. The van der Waals surface area contributed by atoms with Gasteiger partial charge in [0.15, 0.2) is 0 Å². The first-order chi connectivity index (χ1) is 17.9. The second-order valence-electron chi connectivity index (χ2n) is 9.32. The van der Waals surface area contributed by atoms with E-state index in [0.29, 0.717) is 27.5 Å². The molecule has 7 rings (SSSR count). The van der Waals surface area contributed by atoms with Crippen molar-refractivity contribution in [2.24, 2.45) is 5.92 Å². The Morgan fingerprint density at radius 1 is 1.05 bits per heavy atom. The number of aryl methyl sites for hydroxylation is 1. The molecule has 1 aliphatic carbocycles. The minimum atomic E-state index is -0.759. The summed E-state index contributed by atoms with van der Waals surface area (Å²) in [5.41, 5.74) is 3.27. The number of hydrogen-bond acceptors (Lipinski definition) is 6. The molecule has 1 aliphatic heterocycles. The Balaban J connectivity index is 1.33. The zero-order chi connectivity index (χ0) is 25.4. The van der Waals surface area contributed by atoms with Crippen molar-refractivity contribution in [3.05, 3.63) is 93.1 Å². The topological polar surface area (TPSA) is 107 Å². The summed E-state index contributed by atoms with van der Waals surface area (Å²) in [5.74, 6) is -1.33. The molecule has 184 valence electrons. The fraction of sp³-hybridized carbons (Fsp3) is 0.200. The lowest BCUT2D eigenvalue weighted by atomic mass is 10.0. The van der Waals surface area contributed by atoms with Crippen molar-refractivity contribution in [2.45, 2.75) is 25.3 Å². The van der Waals surface area contributed by atoms with Crippen molar-refractivity contribution in [3.63, 3.8) is 0 Å². The molecule has 12 heteroatoms. The van der Waals surface area contributed by atoms with Gasteiger partial charge in [-0.2, -0.15) is 18.4 Å². The Labute approximate surface area is 212 Å². The average molecular weight is 519 g/mol. The maximum absolute atomic E-state index is 15.1. The first-order valence-electron chi connectivity index (χ1n) is 11.6. The summed E-state index contributed by atoms with van der Waals surface area (Å²) < 4.78 is 32.7. The maximum atomic E-state index is 15.1. The van der Waals surface area contributed by atoms with Gasteiger partial charge in [0.1, 0.15) is 12.2 Å². The van der Waals surface area contributed by atoms with Crippen LogP contribution in [0.5, 0.6) is 0 Å². The zero-order valence-electron chi connectivity index (χ0n) is 19.2. The number of hydrogen-bond donors (Lipinski definition) is 1. The van der Waals surface area contributed by atoms with Crippen LogP contribution in [0.25, 0.3) is 28.2 Å². The number of rotatable bonds is 4. The number of halogens is 3. The van der Waals surface area contributed by atoms with Crippen LogP contribution in [-0.2, 0) is 0 Å². The molecule has 0 bridgehead atoms. The molecule has 5 heterocycles. The van der Waals surface area contributed by atoms with Gasteiger partial charge in [-0.25, -0.2) is 4.98 Å². The van der Waals surface area contributed by atoms with E-state index in [1.807, 2.05) is 6.07 Å². The van der Waals surface area contributed by atoms with E-state index < -0.39 is 17.9 Å². The number of aromatic amines is 1. The quantitative estimate of drug-likeness (QED) is 0.357. The lowest BCUT2D eigenvalue weighted by molar-refractivity contribution is 0.482.